The van der Waals surface area contributed by atoms with Gasteiger partial charge in [0.1, 0.15) is 0 Å². The maximum Gasteiger partial charge on any atom is 0.0576 e. The lowest BCUT2D eigenvalue weighted by atomic mass is 10.2. The highest BCUT2D eigenvalue weighted by Crippen LogP contribution is 2.31. The zero-order valence-electron chi connectivity index (χ0n) is 9.08. The van der Waals surface area contributed by atoms with Crippen LogP contribution in [0.25, 0.3) is 0 Å². The van der Waals surface area contributed by atoms with E-state index in [0.717, 1.165) is 6.42 Å². The van der Waals surface area contributed by atoms with Crippen LogP contribution in [0.15, 0.2) is 29.2 Å². The molecule has 0 saturated carbocycles. The topological polar surface area (TPSA) is 20.2 Å². The molecule has 0 heterocycles. The molecule has 78 valence electrons. The molecule has 1 aromatic carbocycles. The van der Waals surface area contributed by atoms with Crippen LogP contribution in [-0.4, -0.2) is 16.5 Å². The Morgan fingerprint density at radius 2 is 1.79 bits per heavy atom. The van der Waals surface area contributed by atoms with Crippen LogP contribution in [0, 0.1) is 0 Å². The van der Waals surface area contributed by atoms with Crippen LogP contribution in [-0.2, 0) is 6.42 Å². The average Bonchev–Trinajstić information content (AvgIpc) is 2.19. The quantitative estimate of drug-likeness (QED) is 0.771. The molecule has 0 bridgehead atoms. The number of rotatable bonds is 4. The fraction of sp³-hybridized carbons (Fsp3) is 0.500. The Morgan fingerprint density at radius 1 is 1.21 bits per heavy atom. The molecule has 0 saturated heterocycles. The monoisotopic (exact) mass is 210 g/mol. The predicted molar refractivity (Wildman–Crippen MR) is 62.8 cm³/mol. The molecule has 1 N–H and O–H groups in total. The van der Waals surface area contributed by atoms with Gasteiger partial charge in [0.05, 0.1) is 6.61 Å². The Hall–Kier alpha value is -0.470. The maximum absolute atomic E-state index is 9.14. The summed E-state index contributed by atoms with van der Waals surface area (Å²) >= 11 is 1.72. The normalized spacial score (nSPS) is 11.7. The van der Waals surface area contributed by atoms with Crippen molar-refractivity contribution < 1.29 is 5.11 Å². The van der Waals surface area contributed by atoms with Crippen molar-refractivity contribution >= 4 is 11.8 Å². The first-order valence-electron chi connectivity index (χ1n) is 4.96. The summed E-state index contributed by atoms with van der Waals surface area (Å²) in [4.78, 5) is 1.22. The van der Waals surface area contributed by atoms with Gasteiger partial charge in [-0.2, -0.15) is 0 Å². The van der Waals surface area contributed by atoms with E-state index in [9.17, 15) is 0 Å². The van der Waals surface area contributed by atoms with Gasteiger partial charge in [0.2, 0.25) is 0 Å². The van der Waals surface area contributed by atoms with Gasteiger partial charge in [-0.05, 0) is 38.0 Å². The highest BCUT2D eigenvalue weighted by Gasteiger charge is 2.17. The Balaban J connectivity index is 2.69. The Morgan fingerprint density at radius 3 is 2.21 bits per heavy atom. The number of aliphatic hydroxyl groups is 1. The van der Waals surface area contributed by atoms with Crippen LogP contribution in [0.4, 0.5) is 0 Å². The van der Waals surface area contributed by atoms with E-state index in [4.69, 9.17) is 5.11 Å². The van der Waals surface area contributed by atoms with E-state index < -0.39 is 0 Å². The van der Waals surface area contributed by atoms with Crippen LogP contribution < -0.4 is 0 Å². The molecule has 0 radical (unpaired) electrons. The van der Waals surface area contributed by atoms with Crippen molar-refractivity contribution in [3.63, 3.8) is 0 Å². The third-order valence-corrected chi connectivity index (χ3v) is 3.30. The predicted octanol–water partition coefficient (Wildman–Crippen LogP) is 3.11. The Kier molecular flexibility index (Phi) is 4.02. The van der Waals surface area contributed by atoms with Gasteiger partial charge in [-0.1, -0.05) is 19.1 Å². The van der Waals surface area contributed by atoms with Gasteiger partial charge >= 0.3 is 0 Å². The third kappa shape index (κ3) is 3.35. The van der Waals surface area contributed by atoms with Crippen molar-refractivity contribution in [1.82, 2.24) is 0 Å². The molecular weight excluding hydrogens is 192 g/mol. The van der Waals surface area contributed by atoms with Gasteiger partial charge < -0.3 is 5.11 Å². The summed E-state index contributed by atoms with van der Waals surface area (Å²) in [6, 6.07) is 8.55. The van der Waals surface area contributed by atoms with Crippen molar-refractivity contribution in [2.45, 2.75) is 36.8 Å². The summed E-state index contributed by atoms with van der Waals surface area (Å²) in [6.07, 6.45) is 1.08. The van der Waals surface area contributed by atoms with Crippen LogP contribution in [0.1, 0.15) is 26.3 Å². The summed E-state index contributed by atoms with van der Waals surface area (Å²) in [6.45, 7) is 6.45. The van der Waals surface area contributed by atoms with E-state index in [2.05, 4.69) is 31.2 Å². The average molecular weight is 210 g/mol. The summed E-state index contributed by atoms with van der Waals surface area (Å²) < 4.78 is -0.0896. The first kappa shape index (κ1) is 11.6. The molecule has 1 nitrogen and oxygen atoms in total. The smallest absolute Gasteiger partial charge is 0.0576 e. The van der Waals surface area contributed by atoms with Crippen molar-refractivity contribution in [2.75, 3.05) is 6.61 Å². The van der Waals surface area contributed by atoms with Crippen LogP contribution in [0.3, 0.4) is 0 Å². The van der Waals surface area contributed by atoms with Gasteiger partial charge in [-0.3, -0.25) is 0 Å². The number of thioether (sulfide) groups is 1. The van der Waals surface area contributed by atoms with Gasteiger partial charge in [0, 0.05) is 9.64 Å². The number of benzene rings is 1. The van der Waals surface area contributed by atoms with E-state index in [1.54, 1.807) is 11.8 Å². The minimum Gasteiger partial charge on any atom is -0.395 e. The zero-order chi connectivity index (χ0) is 10.6. The first-order chi connectivity index (χ1) is 6.57. The van der Waals surface area contributed by atoms with E-state index in [-0.39, 0.29) is 11.4 Å². The van der Waals surface area contributed by atoms with Crippen molar-refractivity contribution in [1.29, 1.82) is 0 Å². The molecule has 0 aliphatic heterocycles. The summed E-state index contributed by atoms with van der Waals surface area (Å²) in [5, 5.41) is 9.14. The Bertz CT molecular complexity index is 277. The number of aliphatic hydroxyl groups excluding tert-OH is 1. The fourth-order valence-electron chi connectivity index (χ4n) is 1.14. The SMILES string of the molecule is CCc1ccc(SC(C)(C)CO)cc1. The van der Waals surface area contributed by atoms with Crippen LogP contribution in [0.2, 0.25) is 0 Å². The lowest BCUT2D eigenvalue weighted by Gasteiger charge is -2.20. The van der Waals surface area contributed by atoms with Crippen molar-refractivity contribution in [3.05, 3.63) is 29.8 Å². The minimum atomic E-state index is -0.0896. The van der Waals surface area contributed by atoms with E-state index in [1.165, 1.54) is 10.5 Å². The fourth-order valence-corrected chi connectivity index (χ4v) is 2.12. The maximum atomic E-state index is 9.14. The molecule has 0 spiro atoms. The third-order valence-electron chi connectivity index (χ3n) is 2.11. The molecule has 1 rings (SSSR count). The molecular formula is C12H18OS. The zero-order valence-corrected chi connectivity index (χ0v) is 9.90. The van der Waals surface area contributed by atoms with Gasteiger partial charge in [0.25, 0.3) is 0 Å². The second-order valence-corrected chi connectivity index (χ2v) is 5.80. The van der Waals surface area contributed by atoms with Crippen LogP contribution >= 0.6 is 11.8 Å². The lowest BCUT2D eigenvalue weighted by molar-refractivity contribution is 0.265. The molecule has 0 amide bonds. The van der Waals surface area contributed by atoms with Gasteiger partial charge in [-0.15, -0.1) is 11.8 Å². The lowest BCUT2D eigenvalue weighted by Crippen LogP contribution is -2.19. The second kappa shape index (κ2) is 4.85. The van der Waals surface area contributed by atoms with Crippen molar-refractivity contribution in [3.8, 4) is 0 Å². The van der Waals surface area contributed by atoms with E-state index in [1.807, 2.05) is 13.8 Å². The molecule has 0 aliphatic carbocycles. The summed E-state index contributed by atoms with van der Waals surface area (Å²) in [5.41, 5.74) is 1.36. The molecule has 14 heavy (non-hydrogen) atoms. The highest BCUT2D eigenvalue weighted by atomic mass is 32.2. The molecule has 0 aliphatic rings. The van der Waals surface area contributed by atoms with Gasteiger partial charge in [-0.25, -0.2) is 0 Å². The molecule has 0 aromatic heterocycles. The number of aryl methyl sites for hydroxylation is 1. The molecule has 1 aromatic rings. The molecule has 0 atom stereocenters. The summed E-state index contributed by atoms with van der Waals surface area (Å²) in [5.74, 6) is 0. The highest BCUT2D eigenvalue weighted by molar-refractivity contribution is 8.00. The molecule has 0 fully saturated rings. The molecule has 2 heteroatoms. The number of hydrogen-bond donors (Lipinski definition) is 1. The van der Waals surface area contributed by atoms with E-state index >= 15 is 0 Å². The minimum absolute atomic E-state index is 0.0896. The van der Waals surface area contributed by atoms with E-state index in [0.29, 0.717) is 0 Å². The van der Waals surface area contributed by atoms with Crippen molar-refractivity contribution in [2.24, 2.45) is 0 Å². The summed E-state index contributed by atoms with van der Waals surface area (Å²) in [7, 11) is 0. The Labute approximate surface area is 90.5 Å². The van der Waals surface area contributed by atoms with Crippen LogP contribution in [0.5, 0.6) is 0 Å². The largest absolute Gasteiger partial charge is 0.395 e. The van der Waals surface area contributed by atoms with Gasteiger partial charge in [0.15, 0.2) is 0 Å². The standard InChI is InChI=1S/C12H18OS/c1-4-10-5-7-11(8-6-10)14-12(2,3)9-13/h5-8,13H,4,9H2,1-3H3. The molecule has 0 unspecified atom stereocenters. The second-order valence-electron chi connectivity index (χ2n) is 4.02. The first-order valence-corrected chi connectivity index (χ1v) is 5.78. The number of hydrogen-bond acceptors (Lipinski definition) is 2.